The predicted octanol–water partition coefficient (Wildman–Crippen LogP) is 2.28. The van der Waals surface area contributed by atoms with Gasteiger partial charge in [-0.3, -0.25) is 4.79 Å². The lowest BCUT2D eigenvalue weighted by Crippen LogP contribution is -2.08. The van der Waals surface area contributed by atoms with Crippen molar-refractivity contribution in [2.75, 3.05) is 0 Å². The van der Waals surface area contributed by atoms with Gasteiger partial charge in [0.1, 0.15) is 0 Å². The Kier molecular flexibility index (Phi) is 3.43. The summed E-state index contributed by atoms with van der Waals surface area (Å²) in [5, 5.41) is 0.553. The summed E-state index contributed by atoms with van der Waals surface area (Å²) in [5.41, 5.74) is -0.0864. The molecule has 5 nitrogen and oxygen atoms in total. The molecule has 6 heteroatoms. The van der Waals surface area contributed by atoms with Crippen molar-refractivity contribution in [3.63, 3.8) is 0 Å². The third-order valence-corrected chi connectivity index (χ3v) is 2.24. The molecule has 0 saturated heterocycles. The van der Waals surface area contributed by atoms with Gasteiger partial charge in [0.15, 0.2) is 0 Å². The number of carbonyl (C=O) groups is 1. The molecule has 0 aliphatic heterocycles. The Morgan fingerprint density at radius 2 is 2.00 bits per heavy atom. The van der Waals surface area contributed by atoms with E-state index >= 15 is 0 Å². The van der Waals surface area contributed by atoms with Crippen LogP contribution in [0.2, 0.25) is 5.02 Å². The monoisotopic (exact) mass is 265 g/mol. The lowest BCUT2D eigenvalue weighted by molar-refractivity contribution is -0.132. The number of hydrogen-bond donors (Lipinski definition) is 0. The molecule has 0 radical (unpaired) electrons. The minimum absolute atomic E-state index is 0.0652. The molecule has 1 heterocycles. The molecule has 0 unspecified atom stereocenters. The van der Waals surface area contributed by atoms with Crippen LogP contribution in [0.25, 0.3) is 11.5 Å². The Balaban J connectivity index is 2.44. The zero-order valence-corrected chi connectivity index (χ0v) is 10.1. The molecule has 2 rings (SSSR count). The van der Waals surface area contributed by atoms with Crippen molar-refractivity contribution in [3.8, 4) is 17.3 Å². The van der Waals surface area contributed by atoms with Gasteiger partial charge in [0.2, 0.25) is 11.8 Å². The molecule has 18 heavy (non-hydrogen) atoms. The van der Waals surface area contributed by atoms with Crippen molar-refractivity contribution in [2.45, 2.75) is 6.92 Å². The Bertz CT molecular complexity index is 633. The second kappa shape index (κ2) is 5.01. The molecule has 0 saturated carbocycles. The van der Waals surface area contributed by atoms with E-state index in [-0.39, 0.29) is 11.8 Å². The number of halogens is 1. The summed E-state index contributed by atoms with van der Waals surface area (Å²) in [6.45, 7) is 1.22. The third kappa shape index (κ3) is 2.95. The maximum absolute atomic E-state index is 11.3. The van der Waals surface area contributed by atoms with Crippen LogP contribution >= 0.6 is 11.6 Å². The summed E-state index contributed by atoms with van der Waals surface area (Å²) in [6, 6.07) is 7.56. The fourth-order valence-corrected chi connectivity index (χ4v) is 1.42. The first kappa shape index (κ1) is 12.3. The Morgan fingerprint density at radius 1 is 1.33 bits per heavy atom. The van der Waals surface area contributed by atoms with E-state index in [0.29, 0.717) is 10.6 Å². The van der Waals surface area contributed by atoms with Crippen molar-refractivity contribution >= 4 is 17.6 Å². The van der Waals surface area contributed by atoms with Crippen LogP contribution in [0.3, 0.4) is 0 Å². The van der Waals surface area contributed by atoms with Crippen molar-refractivity contribution in [2.24, 2.45) is 0 Å². The third-order valence-electron chi connectivity index (χ3n) is 1.99. The maximum Gasteiger partial charge on any atom is 0.343 e. The number of carbonyl (C=O) groups excluding carboxylic acids is 1. The van der Waals surface area contributed by atoms with E-state index in [1.165, 1.54) is 6.92 Å². The molecule has 0 spiro atoms. The number of benzene rings is 1. The van der Waals surface area contributed by atoms with E-state index in [0.717, 1.165) is 6.07 Å². The normalized spacial score (nSPS) is 10.1. The largest absolute Gasteiger partial charge is 0.407 e. The van der Waals surface area contributed by atoms with Crippen molar-refractivity contribution < 1.29 is 13.9 Å². The highest BCUT2D eigenvalue weighted by Gasteiger charge is 2.08. The van der Waals surface area contributed by atoms with Gasteiger partial charge in [0.25, 0.3) is 0 Å². The molecular formula is C12H8ClNO4. The predicted molar refractivity (Wildman–Crippen MR) is 64.5 cm³/mol. The number of esters is 1. The summed E-state index contributed by atoms with van der Waals surface area (Å²) in [7, 11) is 0. The Morgan fingerprint density at radius 3 is 2.61 bits per heavy atom. The van der Waals surface area contributed by atoms with Gasteiger partial charge in [-0.2, -0.15) is 4.98 Å². The van der Waals surface area contributed by atoms with Crippen molar-refractivity contribution in [3.05, 3.63) is 45.8 Å². The molecule has 0 N–H and O–H groups in total. The van der Waals surface area contributed by atoms with Crippen LogP contribution in [-0.2, 0) is 4.79 Å². The van der Waals surface area contributed by atoms with Gasteiger partial charge in [-0.25, -0.2) is 4.79 Å². The molecule has 0 aliphatic rings. The van der Waals surface area contributed by atoms with Crippen LogP contribution in [-0.4, -0.2) is 11.0 Å². The summed E-state index contributed by atoms with van der Waals surface area (Å²) in [4.78, 5) is 26.0. The quantitative estimate of drug-likeness (QED) is 0.779. The molecular weight excluding hydrogens is 258 g/mol. The van der Waals surface area contributed by atoms with Gasteiger partial charge in [-0.1, -0.05) is 11.6 Å². The van der Waals surface area contributed by atoms with E-state index < -0.39 is 11.6 Å². The fraction of sp³-hybridized carbons (Fsp3) is 0.0833. The molecule has 92 valence electrons. The van der Waals surface area contributed by atoms with Gasteiger partial charge >= 0.3 is 11.6 Å². The number of aromatic nitrogens is 1. The Hall–Kier alpha value is -2.14. The van der Waals surface area contributed by atoms with Crippen LogP contribution in [0.4, 0.5) is 0 Å². The average molecular weight is 266 g/mol. The molecule has 1 aromatic carbocycles. The van der Waals surface area contributed by atoms with Gasteiger partial charge in [-0.05, 0) is 24.3 Å². The molecule has 0 bridgehead atoms. The topological polar surface area (TPSA) is 69.4 Å². The number of ether oxygens (including phenoxy) is 1. The first-order chi connectivity index (χ1) is 8.54. The van der Waals surface area contributed by atoms with Crippen molar-refractivity contribution in [1.82, 2.24) is 4.98 Å². The van der Waals surface area contributed by atoms with E-state index in [9.17, 15) is 9.59 Å². The lowest BCUT2D eigenvalue weighted by Gasteiger charge is -2.02. The molecule has 0 amide bonds. The molecule has 0 fully saturated rings. The first-order valence-corrected chi connectivity index (χ1v) is 5.39. The van der Waals surface area contributed by atoms with Crippen LogP contribution in [0, 0.1) is 0 Å². The fourth-order valence-electron chi connectivity index (χ4n) is 1.30. The van der Waals surface area contributed by atoms with Crippen molar-refractivity contribution in [1.29, 1.82) is 0 Å². The van der Waals surface area contributed by atoms with E-state index in [4.69, 9.17) is 20.8 Å². The zero-order chi connectivity index (χ0) is 13.1. The second-order valence-electron chi connectivity index (χ2n) is 3.42. The molecule has 0 atom stereocenters. The highest BCUT2D eigenvalue weighted by Crippen LogP contribution is 2.20. The standard InChI is InChI=1S/C12H8ClNO4/c1-7(15)17-10-6-11(16)18-12(14-10)8-2-4-9(13)5-3-8/h2-6H,1H3. The summed E-state index contributed by atoms with van der Waals surface area (Å²) >= 11 is 5.75. The van der Waals surface area contributed by atoms with Crippen LogP contribution in [0.15, 0.2) is 39.5 Å². The highest BCUT2D eigenvalue weighted by atomic mass is 35.5. The first-order valence-electron chi connectivity index (χ1n) is 5.01. The Labute approximate surface area is 107 Å². The minimum Gasteiger partial charge on any atom is -0.407 e. The number of rotatable bonds is 2. The highest BCUT2D eigenvalue weighted by molar-refractivity contribution is 6.30. The van der Waals surface area contributed by atoms with E-state index in [1.807, 2.05) is 0 Å². The summed E-state index contributed by atoms with van der Waals surface area (Å²) < 4.78 is 9.67. The molecule has 0 aliphatic carbocycles. The SMILES string of the molecule is CC(=O)Oc1cc(=O)oc(-c2ccc(Cl)cc2)n1. The lowest BCUT2D eigenvalue weighted by atomic mass is 10.2. The minimum atomic E-state index is -0.647. The summed E-state index contributed by atoms with van der Waals surface area (Å²) in [5.74, 6) is -0.589. The van der Waals surface area contributed by atoms with Gasteiger partial charge in [-0.15, -0.1) is 0 Å². The van der Waals surface area contributed by atoms with Crippen LogP contribution < -0.4 is 10.4 Å². The number of hydrogen-bond acceptors (Lipinski definition) is 5. The maximum atomic E-state index is 11.3. The van der Waals surface area contributed by atoms with E-state index in [1.54, 1.807) is 24.3 Å². The van der Waals surface area contributed by atoms with Gasteiger partial charge < -0.3 is 9.15 Å². The number of nitrogens with zero attached hydrogens (tertiary/aromatic N) is 1. The zero-order valence-electron chi connectivity index (χ0n) is 9.34. The van der Waals surface area contributed by atoms with E-state index in [2.05, 4.69) is 4.98 Å². The van der Waals surface area contributed by atoms with Gasteiger partial charge in [0, 0.05) is 17.5 Å². The second-order valence-corrected chi connectivity index (χ2v) is 3.86. The smallest absolute Gasteiger partial charge is 0.343 e. The average Bonchev–Trinajstić information content (AvgIpc) is 2.28. The van der Waals surface area contributed by atoms with Crippen LogP contribution in [0.5, 0.6) is 5.88 Å². The van der Waals surface area contributed by atoms with Gasteiger partial charge in [0.05, 0.1) is 6.07 Å². The summed E-state index contributed by atoms with van der Waals surface area (Å²) in [6.07, 6.45) is 0. The van der Waals surface area contributed by atoms with Crippen LogP contribution in [0.1, 0.15) is 6.92 Å². The molecule has 1 aromatic heterocycles. The molecule has 2 aromatic rings.